The SMILES string of the molecule is CC(C)COc1ccc(C(=O)NCC(=O)NCC(=O)[O-])cc1. The molecular weight excluding hydrogens is 288 g/mol. The molecule has 0 aliphatic heterocycles. The molecule has 0 saturated carbocycles. The van der Waals surface area contributed by atoms with Crippen LogP contribution in [0.4, 0.5) is 0 Å². The van der Waals surface area contributed by atoms with Crippen molar-refractivity contribution in [1.82, 2.24) is 10.6 Å². The number of ether oxygens (including phenoxy) is 1. The molecular formula is C15H19N2O5-. The fraction of sp³-hybridized carbons (Fsp3) is 0.400. The molecule has 0 saturated heterocycles. The van der Waals surface area contributed by atoms with Crippen LogP contribution in [-0.2, 0) is 9.59 Å². The number of carbonyl (C=O) groups excluding carboxylic acids is 3. The molecule has 2 N–H and O–H groups in total. The van der Waals surface area contributed by atoms with Gasteiger partial charge in [-0.05, 0) is 30.2 Å². The first-order valence-electron chi connectivity index (χ1n) is 6.86. The van der Waals surface area contributed by atoms with Crippen LogP contribution in [0, 0.1) is 5.92 Å². The molecule has 7 heteroatoms. The number of nitrogens with one attached hydrogen (secondary N) is 2. The van der Waals surface area contributed by atoms with Crippen molar-refractivity contribution < 1.29 is 24.2 Å². The summed E-state index contributed by atoms with van der Waals surface area (Å²) in [6.07, 6.45) is 0. The molecule has 0 aliphatic carbocycles. The molecule has 0 aromatic heterocycles. The van der Waals surface area contributed by atoms with Crippen LogP contribution in [0.15, 0.2) is 24.3 Å². The predicted molar refractivity (Wildman–Crippen MR) is 77.1 cm³/mol. The molecule has 0 atom stereocenters. The van der Waals surface area contributed by atoms with Gasteiger partial charge in [0.2, 0.25) is 5.91 Å². The standard InChI is InChI=1S/C15H20N2O5/c1-10(2)9-22-12-5-3-11(4-6-12)15(21)17-7-13(18)16-8-14(19)20/h3-6,10H,7-9H2,1-2H3,(H,16,18)(H,17,21)(H,19,20)/p-1. The normalized spacial score (nSPS) is 10.1. The van der Waals surface area contributed by atoms with E-state index in [1.807, 2.05) is 13.8 Å². The summed E-state index contributed by atoms with van der Waals surface area (Å²) in [6.45, 7) is 3.76. The van der Waals surface area contributed by atoms with Gasteiger partial charge < -0.3 is 25.3 Å². The largest absolute Gasteiger partial charge is 0.548 e. The minimum Gasteiger partial charge on any atom is -0.548 e. The number of hydrogen-bond donors (Lipinski definition) is 2. The Morgan fingerprint density at radius 3 is 2.27 bits per heavy atom. The number of carboxylic acid groups (broad SMARTS) is 1. The third-order valence-corrected chi connectivity index (χ3v) is 2.54. The Hall–Kier alpha value is -2.57. The zero-order valence-corrected chi connectivity index (χ0v) is 12.5. The average Bonchev–Trinajstić information content (AvgIpc) is 2.49. The summed E-state index contributed by atoms with van der Waals surface area (Å²) in [5.41, 5.74) is 0.379. The zero-order valence-electron chi connectivity index (χ0n) is 12.5. The number of carbonyl (C=O) groups is 3. The van der Waals surface area contributed by atoms with Crippen LogP contribution in [0.25, 0.3) is 0 Å². The summed E-state index contributed by atoms with van der Waals surface area (Å²) >= 11 is 0. The number of benzene rings is 1. The second-order valence-corrected chi connectivity index (χ2v) is 5.06. The van der Waals surface area contributed by atoms with Gasteiger partial charge in [-0.3, -0.25) is 9.59 Å². The number of hydrogen-bond acceptors (Lipinski definition) is 5. The van der Waals surface area contributed by atoms with Crippen LogP contribution in [0.3, 0.4) is 0 Å². The second kappa shape index (κ2) is 8.66. The van der Waals surface area contributed by atoms with E-state index >= 15 is 0 Å². The molecule has 1 aromatic carbocycles. The Balaban J connectivity index is 2.42. The summed E-state index contributed by atoms with van der Waals surface area (Å²) in [6, 6.07) is 6.52. The minimum absolute atomic E-state index is 0.308. The van der Waals surface area contributed by atoms with Crippen molar-refractivity contribution in [3.8, 4) is 5.75 Å². The molecule has 1 rings (SSSR count). The van der Waals surface area contributed by atoms with Crippen LogP contribution in [0.2, 0.25) is 0 Å². The number of carboxylic acids is 1. The van der Waals surface area contributed by atoms with Gasteiger partial charge in [0.25, 0.3) is 5.91 Å². The quantitative estimate of drug-likeness (QED) is 0.661. The molecule has 0 radical (unpaired) electrons. The minimum atomic E-state index is -1.39. The molecule has 0 aliphatic rings. The predicted octanol–water partition coefficient (Wildman–Crippen LogP) is -0.683. The topological polar surface area (TPSA) is 108 Å². The van der Waals surface area contributed by atoms with Gasteiger partial charge in [0.1, 0.15) is 5.75 Å². The van der Waals surface area contributed by atoms with E-state index in [1.54, 1.807) is 24.3 Å². The summed E-state index contributed by atoms with van der Waals surface area (Å²) in [4.78, 5) is 33.2. The molecule has 120 valence electrons. The van der Waals surface area contributed by atoms with E-state index in [4.69, 9.17) is 4.74 Å². The van der Waals surface area contributed by atoms with Gasteiger partial charge in [-0.2, -0.15) is 0 Å². The first kappa shape index (κ1) is 17.5. The van der Waals surface area contributed by atoms with Gasteiger partial charge >= 0.3 is 0 Å². The highest BCUT2D eigenvalue weighted by atomic mass is 16.5. The van der Waals surface area contributed by atoms with Crippen molar-refractivity contribution in [2.45, 2.75) is 13.8 Å². The molecule has 0 fully saturated rings. The first-order chi connectivity index (χ1) is 10.4. The highest BCUT2D eigenvalue weighted by molar-refractivity contribution is 5.96. The summed E-state index contributed by atoms with van der Waals surface area (Å²) in [5, 5.41) is 14.6. The number of rotatable bonds is 8. The Bertz CT molecular complexity index is 525. The lowest BCUT2D eigenvalue weighted by Gasteiger charge is -2.10. The van der Waals surface area contributed by atoms with Crippen LogP contribution in [0.1, 0.15) is 24.2 Å². The van der Waals surface area contributed by atoms with Crippen LogP contribution < -0.4 is 20.5 Å². The van der Waals surface area contributed by atoms with Crippen molar-refractivity contribution in [3.05, 3.63) is 29.8 Å². The van der Waals surface area contributed by atoms with Gasteiger partial charge in [0, 0.05) is 5.56 Å². The lowest BCUT2D eigenvalue weighted by Crippen LogP contribution is -2.42. The zero-order chi connectivity index (χ0) is 16.5. The lowest BCUT2D eigenvalue weighted by atomic mass is 10.2. The van der Waals surface area contributed by atoms with Crippen LogP contribution in [0.5, 0.6) is 5.75 Å². The monoisotopic (exact) mass is 307 g/mol. The second-order valence-electron chi connectivity index (χ2n) is 5.06. The summed E-state index contributed by atoms with van der Waals surface area (Å²) in [5.74, 6) is -1.36. The first-order valence-corrected chi connectivity index (χ1v) is 6.86. The fourth-order valence-electron chi connectivity index (χ4n) is 1.46. The van der Waals surface area contributed by atoms with Gasteiger partial charge in [-0.25, -0.2) is 0 Å². The van der Waals surface area contributed by atoms with Crippen molar-refractivity contribution >= 4 is 17.8 Å². The van der Waals surface area contributed by atoms with Crippen molar-refractivity contribution in [1.29, 1.82) is 0 Å². The maximum absolute atomic E-state index is 11.8. The maximum atomic E-state index is 11.8. The molecule has 0 heterocycles. The lowest BCUT2D eigenvalue weighted by molar-refractivity contribution is -0.304. The van der Waals surface area contributed by atoms with E-state index in [2.05, 4.69) is 10.6 Å². The fourth-order valence-corrected chi connectivity index (χ4v) is 1.46. The van der Waals surface area contributed by atoms with Crippen LogP contribution in [-0.4, -0.2) is 37.5 Å². The van der Waals surface area contributed by atoms with Crippen molar-refractivity contribution in [3.63, 3.8) is 0 Å². The Morgan fingerprint density at radius 1 is 1.09 bits per heavy atom. The van der Waals surface area contributed by atoms with E-state index in [0.717, 1.165) is 0 Å². The third-order valence-electron chi connectivity index (χ3n) is 2.54. The molecule has 2 amide bonds. The van der Waals surface area contributed by atoms with E-state index < -0.39 is 24.3 Å². The molecule has 0 unspecified atom stereocenters. The summed E-state index contributed by atoms with van der Waals surface area (Å²) < 4.78 is 5.50. The Kier molecular flexibility index (Phi) is 6.88. The molecule has 0 bridgehead atoms. The Labute approximate surface area is 128 Å². The highest BCUT2D eigenvalue weighted by Gasteiger charge is 2.08. The third kappa shape index (κ3) is 6.74. The summed E-state index contributed by atoms with van der Waals surface area (Å²) in [7, 11) is 0. The highest BCUT2D eigenvalue weighted by Crippen LogP contribution is 2.13. The van der Waals surface area contributed by atoms with Gasteiger partial charge in [0.15, 0.2) is 0 Å². The molecule has 1 aromatic rings. The van der Waals surface area contributed by atoms with E-state index in [-0.39, 0.29) is 6.54 Å². The van der Waals surface area contributed by atoms with E-state index in [1.165, 1.54) is 0 Å². The van der Waals surface area contributed by atoms with Crippen molar-refractivity contribution in [2.24, 2.45) is 5.92 Å². The molecule has 22 heavy (non-hydrogen) atoms. The van der Waals surface area contributed by atoms with E-state index in [9.17, 15) is 19.5 Å². The van der Waals surface area contributed by atoms with E-state index in [0.29, 0.717) is 23.8 Å². The van der Waals surface area contributed by atoms with Gasteiger partial charge in [-0.15, -0.1) is 0 Å². The number of aliphatic carboxylic acids is 1. The maximum Gasteiger partial charge on any atom is 0.251 e. The smallest absolute Gasteiger partial charge is 0.251 e. The van der Waals surface area contributed by atoms with Gasteiger partial charge in [-0.1, -0.05) is 13.8 Å². The van der Waals surface area contributed by atoms with Crippen LogP contribution >= 0.6 is 0 Å². The van der Waals surface area contributed by atoms with Gasteiger partial charge in [0.05, 0.1) is 25.7 Å². The number of amides is 2. The van der Waals surface area contributed by atoms with Crippen molar-refractivity contribution in [2.75, 3.05) is 19.7 Å². The molecule has 7 nitrogen and oxygen atoms in total. The average molecular weight is 307 g/mol. The molecule has 0 spiro atoms. The Morgan fingerprint density at radius 2 is 1.73 bits per heavy atom.